The van der Waals surface area contributed by atoms with Crippen LogP contribution in [0.25, 0.3) is 10.8 Å². The number of para-hydroxylation sites is 2. The number of carbonyl (C=O) groups excluding carboxylic acids is 2. The molecule has 0 aliphatic carbocycles. The fourth-order valence-corrected chi connectivity index (χ4v) is 4.87. The molecule has 2 saturated heterocycles. The molecule has 0 radical (unpaired) electrons. The maximum atomic E-state index is 13.7. The van der Waals surface area contributed by atoms with Crippen molar-refractivity contribution in [1.82, 2.24) is 0 Å². The Morgan fingerprint density at radius 2 is 1.25 bits per heavy atom. The van der Waals surface area contributed by atoms with Gasteiger partial charge in [-0.15, -0.1) is 0 Å². The minimum absolute atomic E-state index is 0.234. The second-order valence-corrected chi connectivity index (χ2v) is 8.07. The standard InChI is InChI=1S/C27H20N2O3/c30-26-23-24(22-17-9-11-18-10-7-8-16-21(18)22)29(20-14-5-2-6-15-20)32-25(23)27(31)28(26)19-12-3-1-4-13-19/h1-17,23-25H/t23-,24-,25+/m0/s1. The first kappa shape index (κ1) is 18.8. The van der Waals surface area contributed by atoms with E-state index >= 15 is 0 Å². The number of hydrogen-bond acceptors (Lipinski definition) is 4. The van der Waals surface area contributed by atoms with Gasteiger partial charge < -0.3 is 0 Å². The Labute approximate surface area is 185 Å². The van der Waals surface area contributed by atoms with Gasteiger partial charge in [0.05, 0.1) is 17.4 Å². The number of fused-ring (bicyclic) bond motifs is 2. The van der Waals surface area contributed by atoms with Crippen LogP contribution in [0.15, 0.2) is 103 Å². The van der Waals surface area contributed by atoms with E-state index in [-0.39, 0.29) is 11.8 Å². The maximum absolute atomic E-state index is 13.7. The molecule has 5 heteroatoms. The van der Waals surface area contributed by atoms with Crippen LogP contribution in [0.1, 0.15) is 11.6 Å². The van der Waals surface area contributed by atoms with Gasteiger partial charge in [0, 0.05) is 0 Å². The average molecular weight is 420 g/mol. The Hall–Kier alpha value is -3.96. The summed E-state index contributed by atoms with van der Waals surface area (Å²) in [6.07, 6.45) is -0.869. The van der Waals surface area contributed by atoms with Crippen molar-refractivity contribution in [3.8, 4) is 0 Å². The third-order valence-corrected chi connectivity index (χ3v) is 6.28. The lowest BCUT2D eigenvalue weighted by Gasteiger charge is -2.29. The first-order chi connectivity index (χ1) is 15.7. The van der Waals surface area contributed by atoms with Gasteiger partial charge in [-0.25, -0.2) is 9.96 Å². The number of amides is 2. The summed E-state index contributed by atoms with van der Waals surface area (Å²) in [4.78, 5) is 34.6. The van der Waals surface area contributed by atoms with Crippen LogP contribution >= 0.6 is 0 Å². The van der Waals surface area contributed by atoms with Crippen LogP contribution < -0.4 is 9.96 Å². The highest BCUT2D eigenvalue weighted by molar-refractivity contribution is 6.24. The van der Waals surface area contributed by atoms with E-state index in [0.717, 1.165) is 22.0 Å². The number of benzene rings is 4. The Morgan fingerprint density at radius 3 is 2.00 bits per heavy atom. The highest BCUT2D eigenvalue weighted by Gasteiger charge is 2.60. The van der Waals surface area contributed by atoms with Crippen LogP contribution in [-0.2, 0) is 14.4 Å². The Bertz CT molecular complexity index is 1320. The average Bonchev–Trinajstić information content (AvgIpc) is 3.35. The smallest absolute Gasteiger partial charge is 0.266 e. The molecule has 0 spiro atoms. The molecule has 0 unspecified atom stereocenters. The highest BCUT2D eigenvalue weighted by Crippen LogP contribution is 2.48. The van der Waals surface area contributed by atoms with Crippen LogP contribution in [-0.4, -0.2) is 17.9 Å². The lowest BCUT2D eigenvalue weighted by atomic mass is 9.87. The lowest BCUT2D eigenvalue weighted by Crippen LogP contribution is -2.37. The number of anilines is 2. The van der Waals surface area contributed by atoms with Crippen molar-refractivity contribution in [1.29, 1.82) is 0 Å². The van der Waals surface area contributed by atoms with Crippen LogP contribution in [0.4, 0.5) is 11.4 Å². The topological polar surface area (TPSA) is 49.9 Å². The third kappa shape index (κ3) is 2.75. The predicted octanol–water partition coefficient (Wildman–Crippen LogP) is 4.89. The van der Waals surface area contributed by atoms with Gasteiger partial charge in [-0.05, 0) is 40.6 Å². The van der Waals surface area contributed by atoms with Crippen LogP contribution in [0.3, 0.4) is 0 Å². The normalized spacial score (nSPS) is 22.6. The van der Waals surface area contributed by atoms with E-state index < -0.39 is 18.1 Å². The largest absolute Gasteiger partial charge is 0.273 e. The van der Waals surface area contributed by atoms with Crippen LogP contribution in [0.5, 0.6) is 0 Å². The summed E-state index contributed by atoms with van der Waals surface area (Å²) >= 11 is 0. The lowest BCUT2D eigenvalue weighted by molar-refractivity contribution is -0.126. The summed E-state index contributed by atoms with van der Waals surface area (Å²) in [6.45, 7) is 0. The summed E-state index contributed by atoms with van der Waals surface area (Å²) < 4.78 is 0. The highest BCUT2D eigenvalue weighted by atomic mass is 16.7. The van der Waals surface area contributed by atoms with E-state index in [1.807, 2.05) is 72.8 Å². The molecule has 0 N–H and O–H groups in total. The van der Waals surface area contributed by atoms with Crippen molar-refractivity contribution in [3.63, 3.8) is 0 Å². The number of hydroxylamine groups is 1. The summed E-state index contributed by atoms with van der Waals surface area (Å²) in [5.74, 6) is -1.20. The number of rotatable bonds is 3. The first-order valence-corrected chi connectivity index (χ1v) is 10.7. The molecule has 2 amide bonds. The van der Waals surface area contributed by atoms with Crippen molar-refractivity contribution in [2.45, 2.75) is 12.1 Å². The molecule has 0 aromatic heterocycles. The Kier molecular flexibility index (Phi) is 4.30. The fraction of sp³-hybridized carbons (Fsp3) is 0.111. The predicted molar refractivity (Wildman–Crippen MR) is 123 cm³/mol. The van der Waals surface area contributed by atoms with Gasteiger partial charge in [-0.3, -0.25) is 14.4 Å². The second kappa shape index (κ2) is 7.32. The molecule has 2 aliphatic heterocycles. The van der Waals surface area contributed by atoms with Gasteiger partial charge in [0.1, 0.15) is 5.92 Å². The molecule has 2 fully saturated rings. The molecule has 2 aliphatic rings. The number of nitrogens with zero attached hydrogens (tertiary/aromatic N) is 2. The molecule has 0 bridgehead atoms. The summed E-state index contributed by atoms with van der Waals surface area (Å²) in [5.41, 5.74) is 2.35. The summed E-state index contributed by atoms with van der Waals surface area (Å²) in [6, 6.07) is 32.4. The fourth-order valence-electron chi connectivity index (χ4n) is 4.87. The summed E-state index contributed by atoms with van der Waals surface area (Å²) in [5, 5.41) is 3.87. The molecular weight excluding hydrogens is 400 g/mol. The molecule has 6 rings (SSSR count). The van der Waals surface area contributed by atoms with Crippen molar-refractivity contribution in [2.24, 2.45) is 5.92 Å². The van der Waals surface area contributed by atoms with Gasteiger partial charge in [0.2, 0.25) is 5.91 Å². The number of hydrogen-bond donors (Lipinski definition) is 0. The first-order valence-electron chi connectivity index (χ1n) is 10.7. The van der Waals surface area contributed by atoms with E-state index in [1.165, 1.54) is 4.90 Å². The Balaban J connectivity index is 1.52. The van der Waals surface area contributed by atoms with Gasteiger partial charge in [-0.1, -0.05) is 78.9 Å². The molecule has 4 aromatic carbocycles. The molecule has 2 heterocycles. The van der Waals surface area contributed by atoms with Gasteiger partial charge >= 0.3 is 0 Å². The van der Waals surface area contributed by atoms with Gasteiger partial charge in [-0.2, -0.15) is 0 Å². The Morgan fingerprint density at radius 1 is 0.625 bits per heavy atom. The number of imide groups is 1. The van der Waals surface area contributed by atoms with Crippen molar-refractivity contribution in [2.75, 3.05) is 9.96 Å². The molecule has 5 nitrogen and oxygen atoms in total. The quantitative estimate of drug-likeness (QED) is 0.443. The van der Waals surface area contributed by atoms with E-state index in [2.05, 4.69) is 18.2 Å². The zero-order valence-electron chi connectivity index (χ0n) is 17.2. The molecular formula is C27H20N2O3. The zero-order valence-corrected chi connectivity index (χ0v) is 17.2. The number of carbonyl (C=O) groups is 2. The van der Waals surface area contributed by atoms with E-state index in [1.54, 1.807) is 17.2 Å². The third-order valence-electron chi connectivity index (χ3n) is 6.28. The van der Waals surface area contributed by atoms with E-state index in [9.17, 15) is 9.59 Å². The van der Waals surface area contributed by atoms with Crippen molar-refractivity contribution in [3.05, 3.63) is 109 Å². The van der Waals surface area contributed by atoms with Crippen molar-refractivity contribution < 1.29 is 14.4 Å². The van der Waals surface area contributed by atoms with Crippen LogP contribution in [0, 0.1) is 5.92 Å². The second-order valence-electron chi connectivity index (χ2n) is 8.07. The molecule has 4 aromatic rings. The molecule has 3 atom stereocenters. The van der Waals surface area contributed by atoms with Gasteiger partial charge in [0.15, 0.2) is 6.10 Å². The monoisotopic (exact) mass is 420 g/mol. The minimum Gasteiger partial charge on any atom is -0.273 e. The minimum atomic E-state index is -0.869. The van der Waals surface area contributed by atoms with Crippen LogP contribution in [0.2, 0.25) is 0 Å². The summed E-state index contributed by atoms with van der Waals surface area (Å²) in [7, 11) is 0. The molecule has 0 saturated carbocycles. The molecule has 156 valence electrons. The zero-order chi connectivity index (χ0) is 21.7. The van der Waals surface area contributed by atoms with Crippen molar-refractivity contribution >= 4 is 34.0 Å². The maximum Gasteiger partial charge on any atom is 0.266 e. The van der Waals surface area contributed by atoms with Gasteiger partial charge in [0.25, 0.3) is 5.91 Å². The molecule has 32 heavy (non-hydrogen) atoms. The van der Waals surface area contributed by atoms with E-state index in [4.69, 9.17) is 4.84 Å². The SMILES string of the molecule is O=C1[C@@H]2[C@@H](ON(c3ccccc3)[C@H]2c2cccc3ccccc23)C(=O)N1c1ccccc1. The van der Waals surface area contributed by atoms with E-state index in [0.29, 0.717) is 5.69 Å².